The van der Waals surface area contributed by atoms with Crippen LogP contribution >= 0.6 is 11.3 Å². The number of nitrogens with zero attached hydrogens (tertiary/aromatic N) is 4. The number of hydrogen-bond donors (Lipinski definition) is 0. The van der Waals surface area contributed by atoms with Crippen LogP contribution in [0.25, 0.3) is 33.1 Å². The molecule has 0 aliphatic heterocycles. The van der Waals surface area contributed by atoms with E-state index < -0.39 is 0 Å². The Morgan fingerprint density at radius 2 is 1.70 bits per heavy atom. The van der Waals surface area contributed by atoms with E-state index in [-0.39, 0.29) is 20.1 Å². The summed E-state index contributed by atoms with van der Waals surface area (Å²) in [6.45, 7) is 0. The van der Waals surface area contributed by atoms with Crippen molar-refractivity contribution in [2.24, 2.45) is 7.05 Å². The summed E-state index contributed by atoms with van der Waals surface area (Å²) in [5.41, 5.74) is 5.03. The molecule has 0 saturated heterocycles. The minimum atomic E-state index is 0. The smallest absolute Gasteiger partial charge is 0.0647 e. The number of hydrogen-bond acceptors (Lipinski definition) is 6. The number of anilines is 1. The van der Waals surface area contributed by atoms with Crippen LogP contribution in [0, 0.1) is 12.1 Å². The summed E-state index contributed by atoms with van der Waals surface area (Å²) in [6.07, 6.45) is 5.55. The largest absolute Gasteiger partial charge is 0.540 e. The SMILES string of the molecule is COc1c[c-]c(-c2cc(N(C)C)ccn2)c(OC)c1.Cn1ccnc1-c1[c-]csc1-c1ccccc1.[Ir]. The third kappa shape index (κ3) is 6.66. The van der Waals surface area contributed by atoms with Crippen molar-refractivity contribution in [3.05, 3.63) is 90.7 Å². The van der Waals surface area contributed by atoms with Crippen molar-refractivity contribution in [2.75, 3.05) is 33.2 Å². The molecule has 8 heteroatoms. The fourth-order valence-electron chi connectivity index (χ4n) is 3.62. The van der Waals surface area contributed by atoms with Gasteiger partial charge in [-0.1, -0.05) is 63.8 Å². The van der Waals surface area contributed by atoms with Gasteiger partial charge in [-0.3, -0.25) is 0 Å². The number of thiophene rings is 1. The molecule has 5 aromatic rings. The zero-order chi connectivity index (χ0) is 25.5. The van der Waals surface area contributed by atoms with Gasteiger partial charge in [-0.2, -0.15) is 6.07 Å². The maximum absolute atomic E-state index is 5.38. The van der Waals surface area contributed by atoms with Crippen LogP contribution in [-0.2, 0) is 27.2 Å². The maximum Gasteiger partial charge on any atom is 0.0647 e. The average Bonchev–Trinajstić information content (AvgIpc) is 3.58. The molecule has 0 bridgehead atoms. The normalized spacial score (nSPS) is 10.1. The molecule has 0 atom stereocenters. The van der Waals surface area contributed by atoms with Gasteiger partial charge in [-0.05, 0) is 18.8 Å². The molecule has 0 aliphatic carbocycles. The number of ether oxygens (including phenoxy) is 2. The summed E-state index contributed by atoms with van der Waals surface area (Å²) in [7, 11) is 9.24. The summed E-state index contributed by atoms with van der Waals surface area (Å²) in [6, 6.07) is 24.4. The molecular weight excluding hydrogens is 661 g/mol. The van der Waals surface area contributed by atoms with E-state index in [0.29, 0.717) is 11.5 Å². The fourth-order valence-corrected chi connectivity index (χ4v) is 4.45. The Morgan fingerprint density at radius 1 is 0.919 bits per heavy atom. The van der Waals surface area contributed by atoms with Crippen molar-refractivity contribution in [1.29, 1.82) is 0 Å². The van der Waals surface area contributed by atoms with E-state index in [1.807, 2.05) is 72.6 Å². The van der Waals surface area contributed by atoms with E-state index in [1.54, 1.807) is 37.8 Å². The van der Waals surface area contributed by atoms with Gasteiger partial charge in [-0.25, -0.2) is 11.3 Å². The Bertz CT molecular complexity index is 1420. The molecule has 1 radical (unpaired) electrons. The monoisotopic (exact) mass is 689 g/mol. The number of rotatable bonds is 6. The number of aryl methyl sites for hydroxylation is 1. The summed E-state index contributed by atoms with van der Waals surface area (Å²) in [5, 5.41) is 1.99. The van der Waals surface area contributed by atoms with Gasteiger partial charge < -0.3 is 28.9 Å². The van der Waals surface area contributed by atoms with E-state index in [4.69, 9.17) is 9.47 Å². The van der Waals surface area contributed by atoms with E-state index in [1.165, 1.54) is 10.4 Å². The zero-order valence-electron chi connectivity index (χ0n) is 21.4. The van der Waals surface area contributed by atoms with Crippen molar-refractivity contribution in [1.82, 2.24) is 14.5 Å². The molecule has 0 spiro atoms. The summed E-state index contributed by atoms with van der Waals surface area (Å²) >= 11 is 1.70. The first-order valence-electron chi connectivity index (χ1n) is 11.3. The van der Waals surface area contributed by atoms with Gasteiger partial charge in [0.2, 0.25) is 0 Å². The summed E-state index contributed by atoms with van der Waals surface area (Å²) in [5.74, 6) is 2.37. The van der Waals surface area contributed by atoms with Crippen LogP contribution < -0.4 is 14.4 Å². The van der Waals surface area contributed by atoms with Crippen molar-refractivity contribution < 1.29 is 29.6 Å². The fraction of sp³-hybridized carbons (Fsp3) is 0.172. The Morgan fingerprint density at radius 3 is 2.35 bits per heavy atom. The predicted octanol–water partition coefficient (Wildman–Crippen LogP) is 6.25. The van der Waals surface area contributed by atoms with Crippen LogP contribution in [0.1, 0.15) is 0 Å². The third-order valence-electron chi connectivity index (χ3n) is 5.54. The number of imidazole rings is 1. The average molecular weight is 689 g/mol. The van der Waals surface area contributed by atoms with Crippen LogP contribution in [0.3, 0.4) is 0 Å². The minimum Gasteiger partial charge on any atom is -0.540 e. The molecule has 0 amide bonds. The molecule has 5 rings (SSSR count). The van der Waals surface area contributed by atoms with Gasteiger partial charge in [-0.15, -0.1) is 17.7 Å². The second-order valence-electron chi connectivity index (χ2n) is 8.09. The quantitative estimate of drug-likeness (QED) is 0.198. The molecule has 0 unspecified atom stereocenters. The Hall–Kier alpha value is -3.45. The van der Waals surface area contributed by atoms with Crippen molar-refractivity contribution in [2.45, 2.75) is 0 Å². The van der Waals surface area contributed by atoms with Crippen LogP contribution in [-0.4, -0.2) is 42.8 Å². The molecule has 0 saturated carbocycles. The molecule has 193 valence electrons. The minimum absolute atomic E-state index is 0. The van der Waals surface area contributed by atoms with Gasteiger partial charge in [0, 0.05) is 75.8 Å². The van der Waals surface area contributed by atoms with Gasteiger partial charge in [0.1, 0.15) is 0 Å². The standard InChI is InChI=1S/C15H17N2O2.C14H11N2S.Ir/c1-17(2)11-7-8-16-14(9-11)13-6-5-12(18-3)10-15(13)19-4;1-16-9-8-15-14(16)12-7-10-17-13(12)11-5-3-2-4-6-11;/h5,7-10H,1-4H3;2-6,8-10H,1H3;/q2*-1;. The van der Waals surface area contributed by atoms with Gasteiger partial charge in [0.05, 0.1) is 14.2 Å². The Labute approximate surface area is 235 Å². The Balaban J connectivity index is 0.000000201. The van der Waals surface area contributed by atoms with E-state index >= 15 is 0 Å². The molecule has 0 fully saturated rings. The van der Waals surface area contributed by atoms with Crippen LogP contribution in [0.5, 0.6) is 11.5 Å². The molecule has 3 heterocycles. The third-order valence-corrected chi connectivity index (χ3v) is 6.45. The first-order chi connectivity index (χ1) is 17.5. The second kappa shape index (κ2) is 13.2. The van der Waals surface area contributed by atoms with Crippen molar-refractivity contribution in [3.8, 4) is 44.6 Å². The van der Waals surface area contributed by atoms with Crippen molar-refractivity contribution in [3.63, 3.8) is 0 Å². The predicted molar refractivity (Wildman–Crippen MR) is 147 cm³/mol. The first kappa shape index (κ1) is 28.1. The van der Waals surface area contributed by atoms with E-state index in [0.717, 1.165) is 28.3 Å². The van der Waals surface area contributed by atoms with Crippen LogP contribution in [0.4, 0.5) is 5.69 Å². The van der Waals surface area contributed by atoms with E-state index in [2.05, 4.69) is 46.4 Å². The Kier molecular flexibility index (Phi) is 10.0. The molecule has 2 aromatic carbocycles. The summed E-state index contributed by atoms with van der Waals surface area (Å²) in [4.78, 5) is 12.0. The van der Waals surface area contributed by atoms with Gasteiger partial charge >= 0.3 is 0 Å². The molecule has 0 N–H and O–H groups in total. The topological polar surface area (TPSA) is 52.4 Å². The van der Waals surface area contributed by atoms with Gasteiger partial charge in [0.15, 0.2) is 0 Å². The number of pyridine rings is 1. The molecule has 3 aromatic heterocycles. The maximum atomic E-state index is 5.38. The molecule has 6 nitrogen and oxygen atoms in total. The number of benzene rings is 2. The van der Waals surface area contributed by atoms with Gasteiger partial charge in [0.25, 0.3) is 0 Å². The zero-order valence-corrected chi connectivity index (χ0v) is 24.6. The summed E-state index contributed by atoms with van der Waals surface area (Å²) < 4.78 is 12.6. The number of methoxy groups -OCH3 is 2. The van der Waals surface area contributed by atoms with Crippen LogP contribution in [0.15, 0.2) is 78.6 Å². The van der Waals surface area contributed by atoms with E-state index in [9.17, 15) is 0 Å². The second-order valence-corrected chi connectivity index (χ2v) is 8.97. The number of aromatic nitrogens is 3. The molecular formula is C29H28IrN4O2S-2. The first-order valence-corrected chi connectivity index (χ1v) is 12.2. The van der Waals surface area contributed by atoms with Crippen molar-refractivity contribution >= 4 is 17.0 Å². The molecule has 37 heavy (non-hydrogen) atoms. The van der Waals surface area contributed by atoms with Crippen LogP contribution in [0.2, 0.25) is 0 Å². The molecule has 0 aliphatic rings.